The lowest BCUT2D eigenvalue weighted by Crippen LogP contribution is -2.41. The SMILES string of the molecule is N#Cc1cc([C@@H](CN2CCC2)Nc2ncnc3c(C(N)=O)cccc23)ccc1F. The van der Waals surface area contributed by atoms with Crippen LogP contribution in [0.25, 0.3) is 10.9 Å². The Morgan fingerprint density at radius 1 is 1.31 bits per heavy atom. The molecule has 1 atom stereocenters. The summed E-state index contributed by atoms with van der Waals surface area (Å²) in [7, 11) is 0. The number of nitriles is 1. The zero-order valence-corrected chi connectivity index (χ0v) is 15.6. The number of para-hydroxylation sites is 1. The Bertz CT molecular complexity index is 1120. The molecule has 3 aromatic rings. The van der Waals surface area contributed by atoms with Crippen LogP contribution in [0.4, 0.5) is 10.2 Å². The van der Waals surface area contributed by atoms with Crippen LogP contribution in [-0.4, -0.2) is 40.4 Å². The van der Waals surface area contributed by atoms with Crippen molar-refractivity contribution in [2.45, 2.75) is 12.5 Å². The Morgan fingerprint density at radius 2 is 2.14 bits per heavy atom. The quantitative estimate of drug-likeness (QED) is 0.670. The molecule has 1 aliphatic rings. The van der Waals surface area contributed by atoms with Crippen molar-refractivity contribution >= 4 is 22.6 Å². The first-order chi connectivity index (χ1) is 14.1. The smallest absolute Gasteiger partial charge is 0.250 e. The molecule has 1 fully saturated rings. The largest absolute Gasteiger partial charge is 0.366 e. The molecule has 29 heavy (non-hydrogen) atoms. The van der Waals surface area contributed by atoms with Gasteiger partial charge in [0.25, 0.3) is 5.91 Å². The first kappa shape index (κ1) is 18.8. The van der Waals surface area contributed by atoms with Crippen molar-refractivity contribution in [3.05, 3.63) is 65.2 Å². The monoisotopic (exact) mass is 390 g/mol. The normalized spacial score (nSPS) is 14.8. The van der Waals surface area contributed by atoms with Crippen LogP contribution in [0.2, 0.25) is 0 Å². The molecule has 3 N–H and O–H groups in total. The second kappa shape index (κ2) is 7.81. The van der Waals surface area contributed by atoms with Gasteiger partial charge in [-0.05, 0) is 49.3 Å². The molecule has 2 heterocycles. The van der Waals surface area contributed by atoms with Gasteiger partial charge in [0.05, 0.1) is 22.7 Å². The highest BCUT2D eigenvalue weighted by Crippen LogP contribution is 2.28. The molecule has 1 amide bonds. The summed E-state index contributed by atoms with van der Waals surface area (Å²) in [4.78, 5) is 22.6. The molecule has 1 saturated heterocycles. The topological polar surface area (TPSA) is 108 Å². The average Bonchev–Trinajstić information content (AvgIpc) is 2.69. The Hall–Kier alpha value is -3.57. The van der Waals surface area contributed by atoms with E-state index in [9.17, 15) is 14.4 Å². The fraction of sp³-hybridized carbons (Fsp3) is 0.238. The van der Waals surface area contributed by atoms with Crippen LogP contribution in [0.5, 0.6) is 0 Å². The van der Waals surface area contributed by atoms with Crippen LogP contribution in [0.15, 0.2) is 42.7 Å². The fourth-order valence-electron chi connectivity index (χ4n) is 3.47. The highest BCUT2D eigenvalue weighted by Gasteiger charge is 2.23. The highest BCUT2D eigenvalue weighted by atomic mass is 19.1. The van der Waals surface area contributed by atoms with E-state index in [0.717, 1.165) is 25.1 Å². The van der Waals surface area contributed by atoms with Crippen LogP contribution in [0, 0.1) is 17.1 Å². The van der Waals surface area contributed by atoms with Gasteiger partial charge in [-0.25, -0.2) is 14.4 Å². The Morgan fingerprint density at radius 3 is 2.83 bits per heavy atom. The number of benzene rings is 2. The van der Waals surface area contributed by atoms with Gasteiger partial charge < -0.3 is 16.0 Å². The summed E-state index contributed by atoms with van der Waals surface area (Å²) < 4.78 is 13.8. The number of likely N-dealkylation sites (tertiary alicyclic amines) is 1. The molecule has 1 aromatic heterocycles. The van der Waals surface area contributed by atoms with E-state index in [1.165, 1.54) is 12.4 Å². The van der Waals surface area contributed by atoms with E-state index in [4.69, 9.17) is 5.73 Å². The second-order valence-electron chi connectivity index (χ2n) is 6.99. The van der Waals surface area contributed by atoms with Gasteiger partial charge in [0.15, 0.2) is 0 Å². The molecule has 1 aliphatic heterocycles. The minimum Gasteiger partial charge on any atom is -0.366 e. The first-order valence-electron chi connectivity index (χ1n) is 9.29. The zero-order chi connectivity index (χ0) is 20.4. The minimum atomic E-state index is -0.561. The number of hydrogen-bond donors (Lipinski definition) is 2. The molecule has 0 spiro atoms. The van der Waals surface area contributed by atoms with E-state index in [1.54, 1.807) is 24.3 Å². The number of nitrogens with zero attached hydrogens (tertiary/aromatic N) is 4. The molecule has 0 radical (unpaired) electrons. The third kappa shape index (κ3) is 3.73. The maximum atomic E-state index is 13.8. The maximum absolute atomic E-state index is 13.8. The lowest BCUT2D eigenvalue weighted by atomic mass is 10.0. The molecule has 0 bridgehead atoms. The van der Waals surface area contributed by atoms with Gasteiger partial charge in [0.2, 0.25) is 0 Å². The van der Waals surface area contributed by atoms with Gasteiger partial charge in [-0.1, -0.05) is 12.1 Å². The van der Waals surface area contributed by atoms with Crippen LogP contribution < -0.4 is 11.1 Å². The summed E-state index contributed by atoms with van der Waals surface area (Å²) in [5, 5.41) is 13.3. The van der Waals surface area contributed by atoms with Gasteiger partial charge >= 0.3 is 0 Å². The summed E-state index contributed by atoms with van der Waals surface area (Å²) in [6, 6.07) is 11.4. The molecule has 4 rings (SSSR count). The van der Waals surface area contributed by atoms with Crippen LogP contribution in [0.1, 0.15) is 33.9 Å². The van der Waals surface area contributed by atoms with E-state index >= 15 is 0 Å². The van der Waals surface area contributed by atoms with Crippen molar-refractivity contribution in [1.29, 1.82) is 5.26 Å². The maximum Gasteiger partial charge on any atom is 0.250 e. The molecule has 2 aromatic carbocycles. The molecular formula is C21H19FN6O. The summed E-state index contributed by atoms with van der Waals surface area (Å²) in [6.07, 6.45) is 2.52. The number of halogens is 1. The second-order valence-corrected chi connectivity index (χ2v) is 6.99. The van der Waals surface area contributed by atoms with E-state index in [-0.39, 0.29) is 11.6 Å². The highest BCUT2D eigenvalue weighted by molar-refractivity contribution is 6.06. The predicted molar refractivity (Wildman–Crippen MR) is 107 cm³/mol. The predicted octanol–water partition coefficient (Wildman–Crippen LogP) is 2.60. The number of rotatable bonds is 6. The Kier molecular flexibility index (Phi) is 5.06. The summed E-state index contributed by atoms with van der Waals surface area (Å²) in [5.41, 5.74) is 7.04. The third-order valence-corrected chi connectivity index (χ3v) is 5.14. The van der Waals surface area contributed by atoms with Gasteiger partial charge in [0, 0.05) is 11.9 Å². The molecule has 0 aliphatic carbocycles. The van der Waals surface area contributed by atoms with Crippen LogP contribution in [0.3, 0.4) is 0 Å². The van der Waals surface area contributed by atoms with Gasteiger partial charge in [0.1, 0.15) is 24.0 Å². The lowest BCUT2D eigenvalue weighted by molar-refractivity contribution is 0.100. The molecule has 7 nitrogen and oxygen atoms in total. The average molecular weight is 390 g/mol. The summed E-state index contributed by atoms with van der Waals surface area (Å²) >= 11 is 0. The van der Waals surface area contributed by atoms with Crippen molar-refractivity contribution < 1.29 is 9.18 Å². The number of nitrogens with one attached hydrogen (secondary N) is 1. The van der Waals surface area contributed by atoms with Gasteiger partial charge in [-0.2, -0.15) is 5.26 Å². The fourth-order valence-corrected chi connectivity index (χ4v) is 3.47. The number of nitrogens with two attached hydrogens (primary N) is 1. The van der Waals surface area contributed by atoms with E-state index in [0.29, 0.717) is 28.8 Å². The van der Waals surface area contributed by atoms with Crippen LogP contribution >= 0.6 is 0 Å². The van der Waals surface area contributed by atoms with Crippen molar-refractivity contribution in [2.75, 3.05) is 25.0 Å². The molecule has 146 valence electrons. The number of carbonyl (C=O) groups is 1. The third-order valence-electron chi connectivity index (χ3n) is 5.14. The summed E-state index contributed by atoms with van der Waals surface area (Å²) in [5.74, 6) is -0.557. The standard InChI is InChI=1S/C21H19FN6O/c22-17-6-5-13(9-14(17)10-23)18(11-28-7-2-8-28)27-21-16-4-1-3-15(20(24)29)19(16)25-12-26-21/h1,3-6,9,12,18H,2,7-8,11H2,(H2,24,29)(H,25,26,27)/t18-/m1/s1. The number of anilines is 1. The number of amides is 1. The number of hydrogen-bond acceptors (Lipinski definition) is 6. The van der Waals surface area contributed by atoms with E-state index in [2.05, 4.69) is 20.2 Å². The first-order valence-corrected chi connectivity index (χ1v) is 9.29. The van der Waals surface area contributed by atoms with E-state index < -0.39 is 11.7 Å². The van der Waals surface area contributed by atoms with Gasteiger partial charge in [-0.15, -0.1) is 0 Å². The molecular weight excluding hydrogens is 371 g/mol. The zero-order valence-electron chi connectivity index (χ0n) is 15.6. The number of fused-ring (bicyclic) bond motifs is 1. The van der Waals surface area contributed by atoms with Crippen molar-refractivity contribution in [2.24, 2.45) is 5.73 Å². The molecule has 0 unspecified atom stereocenters. The minimum absolute atomic E-state index is 0.00136. The number of carbonyl (C=O) groups excluding carboxylic acids is 1. The Balaban J connectivity index is 1.74. The number of aromatic nitrogens is 2. The molecule has 8 heteroatoms. The lowest BCUT2D eigenvalue weighted by Gasteiger charge is -2.35. The summed E-state index contributed by atoms with van der Waals surface area (Å²) in [6.45, 7) is 2.65. The van der Waals surface area contributed by atoms with Crippen molar-refractivity contribution in [3.63, 3.8) is 0 Å². The van der Waals surface area contributed by atoms with E-state index in [1.807, 2.05) is 12.1 Å². The Labute approximate surface area is 167 Å². The van der Waals surface area contributed by atoms with Crippen molar-refractivity contribution in [1.82, 2.24) is 14.9 Å². The van der Waals surface area contributed by atoms with Crippen molar-refractivity contribution in [3.8, 4) is 6.07 Å². The molecule has 0 saturated carbocycles. The van der Waals surface area contributed by atoms with Crippen LogP contribution in [-0.2, 0) is 0 Å². The number of primary amides is 1. The van der Waals surface area contributed by atoms with Gasteiger partial charge in [-0.3, -0.25) is 4.79 Å².